The Kier molecular flexibility index (Phi) is 3.46. The van der Waals surface area contributed by atoms with E-state index in [1.54, 1.807) is 12.1 Å². The van der Waals surface area contributed by atoms with Crippen molar-refractivity contribution in [1.29, 1.82) is 0 Å². The van der Waals surface area contributed by atoms with Gasteiger partial charge in [-0.25, -0.2) is 0 Å². The predicted molar refractivity (Wildman–Crippen MR) is 80.1 cm³/mol. The molecule has 20 heavy (non-hydrogen) atoms. The van der Waals surface area contributed by atoms with E-state index in [4.69, 9.17) is 0 Å². The van der Waals surface area contributed by atoms with E-state index in [0.29, 0.717) is 11.5 Å². The van der Waals surface area contributed by atoms with Crippen LogP contribution in [0.2, 0.25) is 0 Å². The largest absolute Gasteiger partial charge is 0.508 e. The third kappa shape index (κ3) is 2.29. The van der Waals surface area contributed by atoms with Gasteiger partial charge in [0.1, 0.15) is 11.5 Å². The summed E-state index contributed by atoms with van der Waals surface area (Å²) in [5.41, 5.74) is 1.89. The summed E-state index contributed by atoms with van der Waals surface area (Å²) in [6.45, 7) is 0. The standard InChI is InChI=1S/C18H18O2/c19-17-11-5-3-9-15(17)13-7-1-2-8-14(13)16-10-4-6-12-18(16)20/h1,3-7,9-14,19-20H,2,8H2/t13-,14-/m1/s1. The minimum absolute atomic E-state index is 0.109. The number of aromatic hydroxyl groups is 2. The number of hydrogen-bond donors (Lipinski definition) is 2. The lowest BCUT2D eigenvalue weighted by Crippen LogP contribution is -2.13. The molecule has 0 bridgehead atoms. The Morgan fingerprint density at radius 3 is 2.05 bits per heavy atom. The van der Waals surface area contributed by atoms with E-state index in [1.807, 2.05) is 36.4 Å². The maximum atomic E-state index is 10.1. The number of phenols is 2. The van der Waals surface area contributed by atoms with Crippen LogP contribution in [0.15, 0.2) is 60.7 Å². The minimum Gasteiger partial charge on any atom is -0.508 e. The van der Waals surface area contributed by atoms with Crippen molar-refractivity contribution in [2.24, 2.45) is 0 Å². The van der Waals surface area contributed by atoms with Crippen molar-refractivity contribution in [2.45, 2.75) is 24.7 Å². The van der Waals surface area contributed by atoms with E-state index in [1.165, 1.54) is 0 Å². The summed E-state index contributed by atoms with van der Waals surface area (Å²) in [5.74, 6) is 0.977. The maximum Gasteiger partial charge on any atom is 0.119 e. The van der Waals surface area contributed by atoms with Gasteiger partial charge < -0.3 is 10.2 Å². The Morgan fingerprint density at radius 1 is 0.800 bits per heavy atom. The highest BCUT2D eigenvalue weighted by Gasteiger charge is 2.28. The van der Waals surface area contributed by atoms with Gasteiger partial charge in [-0.15, -0.1) is 0 Å². The number of phenolic OH excluding ortho intramolecular Hbond substituents is 2. The van der Waals surface area contributed by atoms with Gasteiger partial charge in [-0.3, -0.25) is 0 Å². The molecule has 102 valence electrons. The highest BCUT2D eigenvalue weighted by atomic mass is 16.3. The number of allylic oxidation sites excluding steroid dienone is 2. The first-order valence-corrected chi connectivity index (χ1v) is 7.00. The summed E-state index contributed by atoms with van der Waals surface area (Å²) in [7, 11) is 0. The van der Waals surface area contributed by atoms with Gasteiger partial charge in [-0.05, 0) is 36.5 Å². The molecular formula is C18H18O2. The van der Waals surface area contributed by atoms with E-state index in [9.17, 15) is 10.2 Å². The highest BCUT2D eigenvalue weighted by Crippen LogP contribution is 2.45. The quantitative estimate of drug-likeness (QED) is 0.795. The van der Waals surface area contributed by atoms with Crippen LogP contribution < -0.4 is 0 Å². The molecular weight excluding hydrogens is 248 g/mol. The third-order valence-electron chi connectivity index (χ3n) is 4.05. The Labute approximate surface area is 119 Å². The fraction of sp³-hybridized carbons (Fsp3) is 0.222. The maximum absolute atomic E-state index is 10.1. The smallest absolute Gasteiger partial charge is 0.119 e. The Balaban J connectivity index is 2.04. The van der Waals surface area contributed by atoms with Crippen molar-refractivity contribution in [3.8, 4) is 11.5 Å². The second kappa shape index (κ2) is 5.41. The molecule has 0 unspecified atom stereocenters. The zero-order chi connectivity index (χ0) is 13.9. The van der Waals surface area contributed by atoms with Crippen molar-refractivity contribution in [3.05, 3.63) is 71.8 Å². The molecule has 2 aromatic rings. The van der Waals surface area contributed by atoms with E-state index in [0.717, 1.165) is 24.0 Å². The van der Waals surface area contributed by atoms with Gasteiger partial charge >= 0.3 is 0 Å². The van der Waals surface area contributed by atoms with E-state index < -0.39 is 0 Å². The fourth-order valence-electron chi connectivity index (χ4n) is 3.07. The van der Waals surface area contributed by atoms with E-state index in [-0.39, 0.29) is 11.8 Å². The monoisotopic (exact) mass is 266 g/mol. The molecule has 0 heterocycles. The van der Waals surface area contributed by atoms with Gasteiger partial charge in [0.25, 0.3) is 0 Å². The Bertz CT molecular complexity index is 631. The number of benzene rings is 2. The van der Waals surface area contributed by atoms with Gasteiger partial charge in [0, 0.05) is 11.5 Å². The first-order chi connectivity index (χ1) is 9.77. The van der Waals surface area contributed by atoms with Crippen LogP contribution in [-0.2, 0) is 0 Å². The molecule has 0 aliphatic heterocycles. The molecule has 3 rings (SSSR count). The molecule has 0 saturated heterocycles. The summed E-state index contributed by atoms with van der Waals surface area (Å²) in [6, 6.07) is 15.0. The Hall–Kier alpha value is -2.22. The SMILES string of the molecule is Oc1ccccc1[C@@H]1C=CCC[C@H]1c1ccccc1O. The van der Waals surface area contributed by atoms with Crippen molar-refractivity contribution in [1.82, 2.24) is 0 Å². The molecule has 0 amide bonds. The molecule has 2 atom stereocenters. The molecule has 2 nitrogen and oxygen atoms in total. The lowest BCUT2D eigenvalue weighted by atomic mass is 9.75. The summed E-state index contributed by atoms with van der Waals surface area (Å²) >= 11 is 0. The second-order valence-corrected chi connectivity index (χ2v) is 5.26. The molecule has 1 aliphatic carbocycles. The summed E-state index contributed by atoms with van der Waals surface area (Å²) in [5, 5.41) is 20.2. The molecule has 0 saturated carbocycles. The van der Waals surface area contributed by atoms with Crippen molar-refractivity contribution >= 4 is 0 Å². The van der Waals surface area contributed by atoms with Crippen LogP contribution >= 0.6 is 0 Å². The lowest BCUT2D eigenvalue weighted by molar-refractivity contribution is 0.435. The minimum atomic E-state index is 0.109. The average Bonchev–Trinajstić information content (AvgIpc) is 2.48. The van der Waals surface area contributed by atoms with Crippen LogP contribution in [0.4, 0.5) is 0 Å². The van der Waals surface area contributed by atoms with Crippen LogP contribution in [-0.4, -0.2) is 10.2 Å². The molecule has 0 fully saturated rings. The summed E-state index contributed by atoms with van der Waals surface area (Å²) in [6.07, 6.45) is 6.29. The number of para-hydroxylation sites is 2. The molecule has 2 N–H and O–H groups in total. The zero-order valence-electron chi connectivity index (χ0n) is 11.2. The van der Waals surface area contributed by atoms with Crippen molar-refractivity contribution < 1.29 is 10.2 Å². The highest BCUT2D eigenvalue weighted by molar-refractivity contribution is 5.44. The van der Waals surface area contributed by atoms with E-state index in [2.05, 4.69) is 12.2 Å². The van der Waals surface area contributed by atoms with E-state index >= 15 is 0 Å². The predicted octanol–water partition coefficient (Wildman–Crippen LogP) is 4.32. The normalized spacial score (nSPS) is 21.8. The van der Waals surface area contributed by atoms with Gasteiger partial charge in [-0.1, -0.05) is 48.6 Å². The van der Waals surface area contributed by atoms with Gasteiger partial charge in [-0.2, -0.15) is 0 Å². The molecule has 1 aliphatic rings. The molecule has 0 spiro atoms. The molecule has 2 heteroatoms. The molecule has 0 radical (unpaired) electrons. The van der Waals surface area contributed by atoms with Crippen LogP contribution in [0.25, 0.3) is 0 Å². The van der Waals surface area contributed by atoms with Crippen LogP contribution in [0, 0.1) is 0 Å². The number of rotatable bonds is 2. The van der Waals surface area contributed by atoms with Gasteiger partial charge in [0.05, 0.1) is 0 Å². The third-order valence-corrected chi connectivity index (χ3v) is 4.05. The zero-order valence-corrected chi connectivity index (χ0v) is 11.2. The van der Waals surface area contributed by atoms with Crippen molar-refractivity contribution in [3.63, 3.8) is 0 Å². The lowest BCUT2D eigenvalue weighted by Gasteiger charge is -2.29. The van der Waals surface area contributed by atoms with Crippen molar-refractivity contribution in [2.75, 3.05) is 0 Å². The first kappa shape index (κ1) is 12.8. The van der Waals surface area contributed by atoms with Crippen LogP contribution in [0.1, 0.15) is 35.8 Å². The second-order valence-electron chi connectivity index (χ2n) is 5.26. The van der Waals surface area contributed by atoms with Crippen LogP contribution in [0.3, 0.4) is 0 Å². The fourth-order valence-corrected chi connectivity index (χ4v) is 3.07. The topological polar surface area (TPSA) is 40.5 Å². The number of hydrogen-bond acceptors (Lipinski definition) is 2. The summed E-state index contributed by atoms with van der Waals surface area (Å²) < 4.78 is 0. The average molecular weight is 266 g/mol. The van der Waals surface area contributed by atoms with Crippen LogP contribution in [0.5, 0.6) is 11.5 Å². The van der Waals surface area contributed by atoms with Gasteiger partial charge in [0.15, 0.2) is 0 Å². The molecule has 0 aromatic heterocycles. The Morgan fingerprint density at radius 2 is 1.40 bits per heavy atom. The first-order valence-electron chi connectivity index (χ1n) is 7.00. The summed E-state index contributed by atoms with van der Waals surface area (Å²) in [4.78, 5) is 0. The molecule has 2 aromatic carbocycles. The van der Waals surface area contributed by atoms with Gasteiger partial charge in [0.2, 0.25) is 0 Å².